The Morgan fingerprint density at radius 1 is 0.788 bits per heavy atom. The molecule has 0 spiro atoms. The van der Waals surface area contributed by atoms with Gasteiger partial charge in [0.15, 0.2) is 24.6 Å². The third-order valence-corrected chi connectivity index (χ3v) is 5.24. The van der Waals surface area contributed by atoms with Crippen LogP contribution in [-0.4, -0.2) is 104 Å². The molecule has 3 saturated heterocycles. The van der Waals surface area contributed by atoms with Gasteiger partial charge in [0, 0.05) is 27.7 Å². The van der Waals surface area contributed by atoms with E-state index < -0.39 is 79.0 Å². The van der Waals surface area contributed by atoms with Crippen LogP contribution in [-0.2, 0) is 57.1 Å². The number of aliphatic hydroxyl groups excluding tert-OH is 1. The SMILES string of the molecule is CC(=O)OC[C@H]1O[C@@H](O[C@@H]2CO[C@H]3[C@@H]2OC[C@@H]3O)[C@H](OC(C)=O)[C@@H](OC(C)=O)[C@H]1OC(C)=O. The number of hydrogen-bond acceptors (Lipinski definition) is 13. The minimum absolute atomic E-state index is 0.0548. The molecule has 33 heavy (non-hydrogen) atoms. The third-order valence-electron chi connectivity index (χ3n) is 5.24. The Labute approximate surface area is 189 Å². The Kier molecular flexibility index (Phi) is 8.23. The van der Waals surface area contributed by atoms with E-state index in [1.165, 1.54) is 6.92 Å². The summed E-state index contributed by atoms with van der Waals surface area (Å²) in [5, 5.41) is 9.96. The van der Waals surface area contributed by atoms with Crippen molar-refractivity contribution in [3.05, 3.63) is 0 Å². The molecule has 0 bridgehead atoms. The van der Waals surface area contributed by atoms with E-state index in [4.69, 9.17) is 37.9 Å². The van der Waals surface area contributed by atoms with Crippen LogP contribution in [0.15, 0.2) is 0 Å². The van der Waals surface area contributed by atoms with Gasteiger partial charge in [-0.2, -0.15) is 0 Å². The first-order valence-corrected chi connectivity index (χ1v) is 10.4. The standard InChI is InChI=1S/C20H28O13/c1-8(21)26-6-14-17(29-9(2)22)18(30-10(3)23)19(31-11(4)24)20(33-14)32-13-7-28-15-12(25)5-27-16(13)15/h12-20,25H,5-7H2,1-4H3/t12-,13+,14+,15+,16+,17-,18-,19+,20+/m0/s1. The summed E-state index contributed by atoms with van der Waals surface area (Å²) in [6.07, 6.45) is -9.13. The van der Waals surface area contributed by atoms with Gasteiger partial charge in [-0.3, -0.25) is 19.2 Å². The summed E-state index contributed by atoms with van der Waals surface area (Å²) >= 11 is 0. The fourth-order valence-corrected chi connectivity index (χ4v) is 4.03. The number of fused-ring (bicyclic) bond motifs is 1. The quantitative estimate of drug-likeness (QED) is 0.338. The molecule has 9 atom stereocenters. The maximum atomic E-state index is 11.8. The van der Waals surface area contributed by atoms with E-state index in [9.17, 15) is 24.3 Å². The fraction of sp³-hybridized carbons (Fsp3) is 0.800. The largest absolute Gasteiger partial charge is 0.463 e. The van der Waals surface area contributed by atoms with Gasteiger partial charge < -0.3 is 43.0 Å². The van der Waals surface area contributed by atoms with Gasteiger partial charge >= 0.3 is 23.9 Å². The van der Waals surface area contributed by atoms with Crippen molar-refractivity contribution in [2.75, 3.05) is 19.8 Å². The number of aliphatic hydroxyl groups is 1. The second kappa shape index (κ2) is 10.7. The monoisotopic (exact) mass is 476 g/mol. The zero-order chi connectivity index (χ0) is 24.3. The number of ether oxygens (including phenoxy) is 8. The van der Waals surface area contributed by atoms with Crippen molar-refractivity contribution in [3.8, 4) is 0 Å². The maximum absolute atomic E-state index is 11.8. The van der Waals surface area contributed by atoms with Crippen LogP contribution in [0.1, 0.15) is 27.7 Å². The second-order valence-electron chi connectivity index (χ2n) is 7.91. The minimum atomic E-state index is -1.34. The summed E-state index contributed by atoms with van der Waals surface area (Å²) in [5.74, 6) is -2.82. The number of esters is 4. The van der Waals surface area contributed by atoms with Crippen molar-refractivity contribution >= 4 is 23.9 Å². The van der Waals surface area contributed by atoms with Crippen LogP contribution < -0.4 is 0 Å². The highest BCUT2D eigenvalue weighted by Gasteiger charge is 2.55. The highest BCUT2D eigenvalue weighted by molar-refractivity contribution is 5.68. The average Bonchev–Trinajstić information content (AvgIpc) is 3.27. The van der Waals surface area contributed by atoms with E-state index in [-0.39, 0.29) is 19.8 Å². The lowest BCUT2D eigenvalue weighted by molar-refractivity contribution is -0.320. The second-order valence-corrected chi connectivity index (χ2v) is 7.91. The van der Waals surface area contributed by atoms with Crippen LogP contribution in [0.5, 0.6) is 0 Å². The predicted octanol–water partition coefficient (Wildman–Crippen LogP) is -1.39. The third kappa shape index (κ3) is 6.18. The molecule has 0 amide bonds. The van der Waals surface area contributed by atoms with Gasteiger partial charge in [0.25, 0.3) is 0 Å². The van der Waals surface area contributed by atoms with E-state index in [2.05, 4.69) is 0 Å². The molecule has 3 aliphatic rings. The first-order chi connectivity index (χ1) is 15.6. The van der Waals surface area contributed by atoms with Gasteiger partial charge in [0.05, 0.1) is 13.2 Å². The number of rotatable bonds is 7. The molecular formula is C20H28O13. The first-order valence-electron chi connectivity index (χ1n) is 10.4. The summed E-state index contributed by atoms with van der Waals surface area (Å²) in [4.78, 5) is 46.8. The van der Waals surface area contributed by atoms with Gasteiger partial charge in [-0.05, 0) is 0 Å². The highest BCUT2D eigenvalue weighted by atomic mass is 16.8. The van der Waals surface area contributed by atoms with Crippen molar-refractivity contribution in [1.82, 2.24) is 0 Å². The van der Waals surface area contributed by atoms with Gasteiger partial charge in [0.1, 0.15) is 37.1 Å². The van der Waals surface area contributed by atoms with Crippen LogP contribution in [0.2, 0.25) is 0 Å². The highest BCUT2D eigenvalue weighted by Crippen LogP contribution is 2.34. The van der Waals surface area contributed by atoms with E-state index in [0.717, 1.165) is 20.8 Å². The number of hydrogen-bond donors (Lipinski definition) is 1. The first kappa shape index (κ1) is 25.3. The van der Waals surface area contributed by atoms with Gasteiger partial charge in [-0.1, -0.05) is 0 Å². The molecule has 3 rings (SSSR count). The lowest BCUT2D eigenvalue weighted by atomic mass is 9.98. The topological polar surface area (TPSA) is 162 Å². The van der Waals surface area contributed by atoms with E-state index in [0.29, 0.717) is 0 Å². The van der Waals surface area contributed by atoms with Crippen LogP contribution in [0.25, 0.3) is 0 Å². The molecule has 0 aromatic carbocycles. The smallest absolute Gasteiger partial charge is 0.303 e. The van der Waals surface area contributed by atoms with Gasteiger partial charge in [-0.25, -0.2) is 0 Å². The van der Waals surface area contributed by atoms with Crippen LogP contribution in [0.4, 0.5) is 0 Å². The van der Waals surface area contributed by atoms with Crippen molar-refractivity contribution in [1.29, 1.82) is 0 Å². The Hall–Kier alpha value is -2.32. The van der Waals surface area contributed by atoms with E-state index >= 15 is 0 Å². The van der Waals surface area contributed by atoms with Crippen LogP contribution in [0, 0.1) is 0 Å². The van der Waals surface area contributed by atoms with Crippen molar-refractivity contribution < 1.29 is 62.2 Å². The molecule has 0 aromatic heterocycles. The fourth-order valence-electron chi connectivity index (χ4n) is 4.03. The van der Waals surface area contributed by atoms with Crippen LogP contribution in [0.3, 0.4) is 0 Å². The molecule has 0 unspecified atom stereocenters. The summed E-state index contributed by atoms with van der Waals surface area (Å²) in [5.41, 5.74) is 0. The molecule has 0 aliphatic carbocycles. The maximum Gasteiger partial charge on any atom is 0.303 e. The zero-order valence-electron chi connectivity index (χ0n) is 18.7. The normalized spacial score (nSPS) is 37.7. The van der Waals surface area contributed by atoms with E-state index in [1.807, 2.05) is 0 Å². The van der Waals surface area contributed by atoms with Gasteiger partial charge in [-0.15, -0.1) is 0 Å². The average molecular weight is 476 g/mol. The molecule has 13 nitrogen and oxygen atoms in total. The molecule has 0 aromatic rings. The predicted molar refractivity (Wildman–Crippen MR) is 102 cm³/mol. The Balaban J connectivity index is 1.89. The lowest BCUT2D eigenvalue weighted by Crippen LogP contribution is -2.63. The molecule has 3 aliphatic heterocycles. The molecule has 3 heterocycles. The van der Waals surface area contributed by atoms with Crippen molar-refractivity contribution in [2.45, 2.75) is 82.8 Å². The lowest BCUT2D eigenvalue weighted by Gasteiger charge is -2.44. The summed E-state index contributed by atoms with van der Waals surface area (Å²) in [6.45, 7) is 4.34. The molecule has 0 radical (unpaired) electrons. The molecule has 3 fully saturated rings. The molecule has 0 saturated carbocycles. The minimum Gasteiger partial charge on any atom is -0.463 e. The van der Waals surface area contributed by atoms with Crippen molar-refractivity contribution in [2.24, 2.45) is 0 Å². The van der Waals surface area contributed by atoms with Gasteiger partial charge in [0.2, 0.25) is 0 Å². The molecule has 1 N–H and O–H groups in total. The van der Waals surface area contributed by atoms with E-state index in [1.54, 1.807) is 0 Å². The van der Waals surface area contributed by atoms with Crippen LogP contribution >= 0.6 is 0 Å². The van der Waals surface area contributed by atoms with Crippen molar-refractivity contribution in [3.63, 3.8) is 0 Å². The Morgan fingerprint density at radius 2 is 1.36 bits per heavy atom. The Bertz CT molecular complexity index is 754. The molecule has 13 heteroatoms. The summed E-state index contributed by atoms with van der Waals surface area (Å²) in [6, 6.07) is 0. The molecular weight excluding hydrogens is 448 g/mol. The zero-order valence-corrected chi connectivity index (χ0v) is 18.7. The Morgan fingerprint density at radius 3 is 1.97 bits per heavy atom. The number of carbonyl (C=O) groups excluding carboxylic acids is 4. The summed E-state index contributed by atoms with van der Waals surface area (Å²) in [7, 11) is 0. The summed E-state index contributed by atoms with van der Waals surface area (Å²) < 4.78 is 44.0. The molecule has 186 valence electrons. The number of carbonyl (C=O) groups is 4.